The zero-order valence-corrected chi connectivity index (χ0v) is 14.2. The van der Waals surface area contributed by atoms with E-state index in [9.17, 15) is 31.2 Å². The first-order chi connectivity index (χ1) is 12.5. The van der Waals surface area contributed by atoms with Crippen LogP contribution in [0.4, 0.5) is 13.2 Å². The predicted molar refractivity (Wildman–Crippen MR) is 84.6 cm³/mol. The molecule has 13 heteroatoms. The number of benzene rings is 1. The van der Waals surface area contributed by atoms with Crippen molar-refractivity contribution in [3.63, 3.8) is 0 Å². The fourth-order valence-electron chi connectivity index (χ4n) is 2.34. The number of carbonyl (C=O) groups is 1. The molecular weight excluding hydrogens is 395 g/mol. The standard InChI is InChI=1S/C14H10F3N3O6S/c1-25-11(21)7-19-12(22)10-6-8-4-2-3-5-9(8)20(10)13(18-19)26-27(23,24)14(15,16)17/h2-6H,7H2,1H3. The van der Waals surface area contributed by atoms with Crippen molar-refractivity contribution < 1.29 is 35.3 Å². The molecule has 0 amide bonds. The highest BCUT2D eigenvalue weighted by Gasteiger charge is 2.49. The molecule has 0 radical (unpaired) electrons. The van der Waals surface area contributed by atoms with Crippen molar-refractivity contribution in [1.29, 1.82) is 0 Å². The first-order valence-electron chi connectivity index (χ1n) is 7.14. The number of hydrogen-bond acceptors (Lipinski definition) is 7. The highest BCUT2D eigenvalue weighted by Crippen LogP contribution is 2.28. The second-order valence-electron chi connectivity index (χ2n) is 5.23. The Morgan fingerprint density at radius 1 is 1.22 bits per heavy atom. The first-order valence-corrected chi connectivity index (χ1v) is 8.55. The summed E-state index contributed by atoms with van der Waals surface area (Å²) in [6, 6.07) is 6.37. The topological polar surface area (TPSA) is 109 Å². The molecule has 0 atom stereocenters. The maximum absolute atomic E-state index is 12.7. The summed E-state index contributed by atoms with van der Waals surface area (Å²) in [5.74, 6) is -0.922. The number of ether oxygens (including phenoxy) is 1. The Bertz CT molecular complexity index is 1210. The molecule has 2 heterocycles. The van der Waals surface area contributed by atoms with Crippen LogP contribution in [0.2, 0.25) is 0 Å². The Balaban J connectivity index is 2.34. The normalized spacial score (nSPS) is 12.4. The van der Waals surface area contributed by atoms with E-state index in [1.54, 1.807) is 12.1 Å². The Morgan fingerprint density at radius 3 is 2.52 bits per heavy atom. The van der Waals surface area contributed by atoms with Gasteiger partial charge in [0.1, 0.15) is 12.1 Å². The van der Waals surface area contributed by atoms with Crippen LogP contribution in [0.1, 0.15) is 0 Å². The minimum atomic E-state index is -6.07. The molecule has 1 aromatic carbocycles. The minimum absolute atomic E-state index is 0.190. The van der Waals surface area contributed by atoms with Gasteiger partial charge in [0.05, 0.1) is 12.6 Å². The SMILES string of the molecule is COC(=O)Cn1nc(OS(=O)(=O)C(F)(F)F)n2c(cc3ccccc32)c1=O. The summed E-state index contributed by atoms with van der Waals surface area (Å²) in [5.41, 5.74) is -6.61. The van der Waals surface area contributed by atoms with Gasteiger partial charge in [0.15, 0.2) is 0 Å². The molecule has 144 valence electrons. The molecule has 2 aromatic heterocycles. The second kappa shape index (κ2) is 6.26. The zero-order valence-electron chi connectivity index (χ0n) is 13.4. The highest BCUT2D eigenvalue weighted by atomic mass is 32.2. The molecule has 0 N–H and O–H groups in total. The fourth-order valence-corrected chi connectivity index (χ4v) is 2.74. The predicted octanol–water partition coefficient (Wildman–Crippen LogP) is 1.05. The van der Waals surface area contributed by atoms with Crippen LogP contribution < -0.4 is 9.74 Å². The van der Waals surface area contributed by atoms with Gasteiger partial charge in [-0.25, -0.2) is 4.68 Å². The number of alkyl halides is 3. The molecule has 0 aliphatic heterocycles. The summed E-state index contributed by atoms with van der Waals surface area (Å²) in [5, 5.41) is 3.89. The molecular formula is C14H10F3N3O6S. The van der Waals surface area contributed by atoms with E-state index in [1.807, 2.05) is 0 Å². The Labute approximate surface area is 148 Å². The van der Waals surface area contributed by atoms with Gasteiger partial charge in [0, 0.05) is 5.39 Å². The smallest absolute Gasteiger partial charge is 0.468 e. The number of aromatic nitrogens is 3. The van der Waals surface area contributed by atoms with E-state index >= 15 is 0 Å². The maximum atomic E-state index is 12.7. The van der Waals surface area contributed by atoms with Crippen LogP contribution in [-0.2, 0) is 26.2 Å². The first kappa shape index (κ1) is 18.7. The fraction of sp³-hybridized carbons (Fsp3) is 0.214. The lowest BCUT2D eigenvalue weighted by atomic mass is 10.2. The molecule has 0 bridgehead atoms. The van der Waals surface area contributed by atoms with Crippen molar-refractivity contribution in [3.05, 3.63) is 40.7 Å². The van der Waals surface area contributed by atoms with E-state index in [-0.39, 0.29) is 11.0 Å². The number of carbonyl (C=O) groups excluding carboxylic acids is 1. The summed E-state index contributed by atoms with van der Waals surface area (Å²) >= 11 is 0. The molecule has 0 saturated heterocycles. The number of halogens is 3. The van der Waals surface area contributed by atoms with E-state index in [0.717, 1.165) is 11.5 Å². The number of hydrogen-bond donors (Lipinski definition) is 0. The van der Waals surface area contributed by atoms with Gasteiger partial charge in [-0.05, 0) is 12.1 Å². The number of para-hydroxylation sites is 1. The average molecular weight is 405 g/mol. The number of esters is 1. The van der Waals surface area contributed by atoms with Crippen LogP contribution in [0, 0.1) is 0 Å². The molecule has 27 heavy (non-hydrogen) atoms. The Kier molecular flexibility index (Phi) is 4.34. The van der Waals surface area contributed by atoms with Crippen LogP contribution >= 0.6 is 0 Å². The summed E-state index contributed by atoms with van der Waals surface area (Å²) in [6.45, 7) is -0.754. The second-order valence-corrected chi connectivity index (χ2v) is 6.77. The van der Waals surface area contributed by atoms with E-state index in [2.05, 4.69) is 14.0 Å². The molecule has 3 rings (SSSR count). The van der Waals surface area contributed by atoms with Gasteiger partial charge < -0.3 is 8.92 Å². The van der Waals surface area contributed by atoms with Crippen LogP contribution in [-0.4, -0.2) is 41.2 Å². The van der Waals surface area contributed by atoms with Crippen LogP contribution in [0.3, 0.4) is 0 Å². The number of rotatable bonds is 4. The highest BCUT2D eigenvalue weighted by molar-refractivity contribution is 7.87. The van der Waals surface area contributed by atoms with Gasteiger partial charge in [-0.2, -0.15) is 21.6 Å². The van der Waals surface area contributed by atoms with Gasteiger partial charge in [0.25, 0.3) is 5.56 Å². The summed E-state index contributed by atoms with van der Waals surface area (Å²) in [4.78, 5) is 23.9. The van der Waals surface area contributed by atoms with Crippen molar-refractivity contribution in [2.75, 3.05) is 7.11 Å². The number of methoxy groups -OCH3 is 1. The zero-order chi connectivity index (χ0) is 20.0. The number of nitrogens with zero attached hydrogens (tertiary/aromatic N) is 3. The Morgan fingerprint density at radius 2 is 1.89 bits per heavy atom. The molecule has 0 aliphatic carbocycles. The third kappa shape index (κ3) is 3.20. The van der Waals surface area contributed by atoms with E-state index in [4.69, 9.17) is 0 Å². The van der Waals surface area contributed by atoms with Crippen molar-refractivity contribution >= 4 is 32.5 Å². The molecule has 0 spiro atoms. The van der Waals surface area contributed by atoms with Crippen LogP contribution in [0.25, 0.3) is 16.4 Å². The molecule has 9 nitrogen and oxygen atoms in total. The lowest BCUT2D eigenvalue weighted by Gasteiger charge is -2.12. The van der Waals surface area contributed by atoms with Gasteiger partial charge in [0.2, 0.25) is 0 Å². The van der Waals surface area contributed by atoms with Crippen LogP contribution in [0.5, 0.6) is 6.01 Å². The van der Waals surface area contributed by atoms with E-state index in [0.29, 0.717) is 10.1 Å². The minimum Gasteiger partial charge on any atom is -0.468 e. The molecule has 0 saturated carbocycles. The van der Waals surface area contributed by atoms with E-state index in [1.165, 1.54) is 18.2 Å². The summed E-state index contributed by atoms with van der Waals surface area (Å²) in [6.07, 6.45) is 0. The maximum Gasteiger partial charge on any atom is 0.534 e. The van der Waals surface area contributed by atoms with Crippen molar-refractivity contribution in [3.8, 4) is 6.01 Å². The van der Waals surface area contributed by atoms with E-state index < -0.39 is 39.7 Å². The van der Waals surface area contributed by atoms with Gasteiger partial charge >= 0.3 is 27.6 Å². The van der Waals surface area contributed by atoms with Crippen molar-refractivity contribution in [1.82, 2.24) is 14.2 Å². The van der Waals surface area contributed by atoms with Gasteiger partial charge in [-0.15, -0.1) is 5.10 Å². The van der Waals surface area contributed by atoms with Crippen LogP contribution in [0.15, 0.2) is 35.1 Å². The lowest BCUT2D eigenvalue weighted by molar-refractivity contribution is -0.141. The largest absolute Gasteiger partial charge is 0.534 e. The van der Waals surface area contributed by atoms with Crippen molar-refractivity contribution in [2.45, 2.75) is 12.1 Å². The van der Waals surface area contributed by atoms with Gasteiger partial charge in [-0.1, -0.05) is 18.2 Å². The Hall–Kier alpha value is -3.09. The molecule has 3 aromatic rings. The van der Waals surface area contributed by atoms with Gasteiger partial charge in [-0.3, -0.25) is 14.0 Å². The monoisotopic (exact) mass is 405 g/mol. The third-order valence-corrected chi connectivity index (χ3v) is 4.47. The molecule has 0 unspecified atom stereocenters. The summed E-state index contributed by atoms with van der Waals surface area (Å²) < 4.78 is 70.8. The summed E-state index contributed by atoms with van der Waals surface area (Å²) in [7, 11) is -5.04. The molecule has 0 aliphatic rings. The lowest BCUT2D eigenvalue weighted by Crippen LogP contribution is -2.33. The number of fused-ring (bicyclic) bond motifs is 3. The third-order valence-electron chi connectivity index (χ3n) is 3.54. The quantitative estimate of drug-likeness (QED) is 0.363. The average Bonchev–Trinajstić information content (AvgIpc) is 2.97. The molecule has 0 fully saturated rings. The van der Waals surface area contributed by atoms with Crippen molar-refractivity contribution in [2.24, 2.45) is 0 Å².